The van der Waals surface area contributed by atoms with Crippen LogP contribution in [0.25, 0.3) is 0 Å². The molecule has 1 N–H and O–H groups in total. The van der Waals surface area contributed by atoms with E-state index >= 15 is 0 Å². The van der Waals surface area contributed by atoms with E-state index in [1.807, 2.05) is 19.9 Å². The molecule has 0 aliphatic rings. The van der Waals surface area contributed by atoms with Crippen molar-refractivity contribution in [1.29, 1.82) is 0 Å². The first-order valence-electron chi connectivity index (χ1n) is 10.1. The molecule has 1 aromatic heterocycles. The molecule has 0 fully saturated rings. The molecule has 0 unspecified atom stereocenters. The first-order chi connectivity index (χ1) is 15.7. The lowest BCUT2D eigenvalue weighted by molar-refractivity contribution is -0.143. The Labute approximate surface area is 194 Å². The van der Waals surface area contributed by atoms with E-state index in [2.05, 4.69) is 4.98 Å². The molecule has 0 aliphatic heterocycles. The summed E-state index contributed by atoms with van der Waals surface area (Å²) < 4.78 is 80.7. The normalized spacial score (nSPS) is 12.3. The third-order valence-corrected chi connectivity index (χ3v) is 6.13. The Morgan fingerprint density at radius 2 is 1.38 bits per heavy atom. The molecule has 2 aromatic carbocycles. The van der Waals surface area contributed by atoms with Crippen molar-refractivity contribution >= 4 is 11.8 Å². The molecule has 0 bridgehead atoms. The predicted molar refractivity (Wildman–Crippen MR) is 116 cm³/mol. The van der Waals surface area contributed by atoms with E-state index in [1.54, 1.807) is 19.1 Å². The Morgan fingerprint density at radius 3 is 1.85 bits per heavy atom. The van der Waals surface area contributed by atoms with E-state index in [0.717, 1.165) is 27.5 Å². The smallest absolute Gasteiger partial charge is 0.283 e. The van der Waals surface area contributed by atoms with Gasteiger partial charge in [-0.25, -0.2) is 4.79 Å². The molecule has 0 atom stereocenters. The Bertz CT molecular complexity index is 1290. The molecule has 0 aliphatic carbocycles. The summed E-state index contributed by atoms with van der Waals surface area (Å²) >= 11 is 1.06. The van der Waals surface area contributed by atoms with Gasteiger partial charge in [0.25, 0.3) is 5.56 Å². The highest BCUT2D eigenvalue weighted by molar-refractivity contribution is 7.99. The van der Waals surface area contributed by atoms with Crippen molar-refractivity contribution in [2.24, 2.45) is 0 Å². The second kappa shape index (κ2) is 9.36. The van der Waals surface area contributed by atoms with Crippen LogP contribution >= 0.6 is 11.8 Å². The van der Waals surface area contributed by atoms with Crippen LogP contribution < -0.4 is 11.2 Å². The van der Waals surface area contributed by atoms with Gasteiger partial charge in [-0.2, -0.15) is 26.3 Å². The van der Waals surface area contributed by atoms with Crippen molar-refractivity contribution in [3.63, 3.8) is 0 Å². The molecule has 3 aromatic rings. The number of rotatable bonds is 5. The summed E-state index contributed by atoms with van der Waals surface area (Å²) in [6.07, 6.45) is -9.84. The van der Waals surface area contributed by atoms with Crippen molar-refractivity contribution in [3.05, 3.63) is 90.6 Å². The van der Waals surface area contributed by atoms with Crippen molar-refractivity contribution in [1.82, 2.24) is 9.55 Å². The van der Waals surface area contributed by atoms with Crippen molar-refractivity contribution in [2.75, 3.05) is 0 Å². The fraction of sp³-hybridized carbons (Fsp3) is 0.304. The maximum absolute atomic E-state index is 13.3. The molecule has 0 saturated heterocycles. The van der Waals surface area contributed by atoms with Gasteiger partial charge in [-0.3, -0.25) is 14.3 Å². The lowest BCUT2D eigenvalue weighted by Gasteiger charge is -2.18. The number of aryl methyl sites for hydroxylation is 2. The molecular formula is C23H20F6N2O2S. The number of halogens is 6. The summed E-state index contributed by atoms with van der Waals surface area (Å²) in [5.41, 5.74) is -2.90. The number of nitrogens with one attached hydrogen (secondary N) is 1. The van der Waals surface area contributed by atoms with E-state index < -0.39 is 41.3 Å². The number of benzene rings is 2. The van der Waals surface area contributed by atoms with Gasteiger partial charge in [0.05, 0.1) is 22.7 Å². The number of nitrogens with zero attached hydrogens (tertiary/aromatic N) is 1. The van der Waals surface area contributed by atoms with Gasteiger partial charge in [-0.15, -0.1) is 0 Å². The Balaban J connectivity index is 2.21. The number of alkyl halides is 6. The van der Waals surface area contributed by atoms with Crippen LogP contribution in [0.2, 0.25) is 0 Å². The highest BCUT2D eigenvalue weighted by Gasteiger charge is 2.37. The number of aromatic nitrogens is 2. The van der Waals surface area contributed by atoms with Crippen LogP contribution in [0.15, 0.2) is 55.9 Å². The number of H-pyrrole nitrogens is 1. The summed E-state index contributed by atoms with van der Waals surface area (Å²) in [4.78, 5) is 27.9. The third kappa shape index (κ3) is 5.75. The van der Waals surface area contributed by atoms with Gasteiger partial charge in [0, 0.05) is 10.5 Å². The van der Waals surface area contributed by atoms with Gasteiger partial charge in [0.1, 0.15) is 0 Å². The van der Waals surface area contributed by atoms with Gasteiger partial charge in [-0.05, 0) is 67.3 Å². The Morgan fingerprint density at radius 1 is 0.853 bits per heavy atom. The second-order valence-corrected chi connectivity index (χ2v) is 8.88. The zero-order valence-corrected chi connectivity index (χ0v) is 19.1. The largest absolute Gasteiger partial charge is 0.416 e. The van der Waals surface area contributed by atoms with E-state index in [9.17, 15) is 35.9 Å². The van der Waals surface area contributed by atoms with Gasteiger partial charge in [0.15, 0.2) is 0 Å². The van der Waals surface area contributed by atoms with Crippen LogP contribution in [0.5, 0.6) is 0 Å². The summed E-state index contributed by atoms with van der Waals surface area (Å²) in [7, 11) is 0. The topological polar surface area (TPSA) is 54.9 Å². The average Bonchev–Trinajstić information content (AvgIpc) is 2.68. The first kappa shape index (κ1) is 25.7. The monoisotopic (exact) mass is 502 g/mol. The fourth-order valence-electron chi connectivity index (χ4n) is 3.56. The van der Waals surface area contributed by atoms with Gasteiger partial charge in [-0.1, -0.05) is 24.8 Å². The summed E-state index contributed by atoms with van der Waals surface area (Å²) in [5.74, 6) is 0. The van der Waals surface area contributed by atoms with Crippen LogP contribution in [-0.2, 0) is 25.3 Å². The number of hydrogen-bond acceptors (Lipinski definition) is 3. The zero-order valence-electron chi connectivity index (χ0n) is 18.3. The molecule has 0 saturated carbocycles. The molecule has 4 nitrogen and oxygen atoms in total. The highest BCUT2D eigenvalue weighted by Crippen LogP contribution is 2.37. The van der Waals surface area contributed by atoms with Crippen LogP contribution in [-0.4, -0.2) is 9.55 Å². The zero-order chi connectivity index (χ0) is 25.4. The molecule has 1 heterocycles. The molecule has 34 heavy (non-hydrogen) atoms. The van der Waals surface area contributed by atoms with E-state index in [4.69, 9.17) is 0 Å². The van der Waals surface area contributed by atoms with Crippen LogP contribution in [0.4, 0.5) is 26.3 Å². The number of hydrogen-bond donors (Lipinski definition) is 1. The van der Waals surface area contributed by atoms with E-state index in [1.165, 1.54) is 0 Å². The summed E-state index contributed by atoms with van der Waals surface area (Å²) in [5, 5.41) is 0.159. The Hall–Kier alpha value is -2.95. The van der Waals surface area contributed by atoms with Crippen molar-refractivity contribution in [2.45, 2.75) is 56.0 Å². The maximum Gasteiger partial charge on any atom is 0.416 e. The van der Waals surface area contributed by atoms with Crippen molar-refractivity contribution in [3.8, 4) is 0 Å². The van der Waals surface area contributed by atoms with Gasteiger partial charge < -0.3 is 0 Å². The standard InChI is InChI=1S/C23H20F6N2O2S/c1-4-18-19(32)30-21(33)31(20(18)34-17-6-12(2)5-13(3)7-17)11-14-8-15(22(24,25)26)10-16(9-14)23(27,28)29/h5-10H,4,11H2,1-3H3,(H,30,32,33). The lowest BCUT2D eigenvalue weighted by atomic mass is 10.0. The third-order valence-electron chi connectivity index (χ3n) is 4.99. The quantitative estimate of drug-likeness (QED) is 0.346. The minimum Gasteiger partial charge on any atom is -0.283 e. The first-order valence-corrected chi connectivity index (χ1v) is 10.9. The van der Waals surface area contributed by atoms with Gasteiger partial charge >= 0.3 is 18.0 Å². The lowest BCUT2D eigenvalue weighted by Crippen LogP contribution is -2.34. The number of aromatic amines is 1. The molecule has 0 spiro atoms. The fourth-order valence-corrected chi connectivity index (χ4v) is 4.89. The predicted octanol–water partition coefficient (Wildman–Crippen LogP) is 5.95. The van der Waals surface area contributed by atoms with E-state index in [-0.39, 0.29) is 28.6 Å². The van der Waals surface area contributed by atoms with E-state index in [0.29, 0.717) is 17.0 Å². The molecule has 0 amide bonds. The van der Waals surface area contributed by atoms with Gasteiger partial charge in [0.2, 0.25) is 0 Å². The molecular weight excluding hydrogens is 482 g/mol. The average molecular weight is 502 g/mol. The van der Waals surface area contributed by atoms with Crippen molar-refractivity contribution < 1.29 is 26.3 Å². The second-order valence-electron chi connectivity index (χ2n) is 7.82. The molecule has 3 rings (SSSR count). The SMILES string of the molecule is CCc1c(Sc2cc(C)cc(C)c2)n(Cc2cc(C(F)(F)F)cc(C(F)(F)F)c2)c(=O)[nH]c1=O. The summed E-state index contributed by atoms with van der Waals surface area (Å²) in [6.45, 7) is 4.77. The molecule has 0 radical (unpaired) electrons. The van der Waals surface area contributed by atoms with Crippen LogP contribution in [0.1, 0.15) is 40.3 Å². The maximum atomic E-state index is 13.3. The summed E-state index contributed by atoms with van der Waals surface area (Å²) in [6, 6.07) is 6.70. The molecule has 182 valence electrons. The minimum absolute atomic E-state index is 0.0296. The Kier molecular flexibility index (Phi) is 7.07. The van der Waals surface area contributed by atoms with Crippen LogP contribution in [0.3, 0.4) is 0 Å². The molecule has 11 heteroatoms. The minimum atomic E-state index is -5.02. The van der Waals surface area contributed by atoms with Crippen LogP contribution in [0, 0.1) is 13.8 Å². The highest BCUT2D eigenvalue weighted by atomic mass is 32.2.